The van der Waals surface area contributed by atoms with Gasteiger partial charge in [-0.3, -0.25) is 0 Å². The number of aryl methyl sites for hydroxylation is 1. The summed E-state index contributed by atoms with van der Waals surface area (Å²) >= 11 is 0. The van der Waals surface area contributed by atoms with Gasteiger partial charge in [-0.2, -0.15) is 0 Å². The number of nitrogens with zero attached hydrogens (tertiary/aromatic N) is 1. The second kappa shape index (κ2) is 5.17. The van der Waals surface area contributed by atoms with E-state index in [0.29, 0.717) is 0 Å². The van der Waals surface area contributed by atoms with E-state index in [1.165, 1.54) is 22.2 Å². The highest BCUT2D eigenvalue weighted by Crippen LogP contribution is 2.36. The molecule has 0 spiro atoms. The molecule has 1 aromatic carbocycles. The van der Waals surface area contributed by atoms with Crippen LogP contribution in [0.25, 0.3) is 10.9 Å². The van der Waals surface area contributed by atoms with Crippen LogP contribution >= 0.6 is 0 Å². The topological polar surface area (TPSA) is 27.3 Å². The van der Waals surface area contributed by atoms with Gasteiger partial charge >= 0.3 is 0 Å². The Hall–Kier alpha value is -2.00. The van der Waals surface area contributed by atoms with Crippen molar-refractivity contribution in [1.29, 1.82) is 0 Å². The van der Waals surface area contributed by atoms with Gasteiger partial charge in [0.2, 0.25) is 0 Å². The zero-order chi connectivity index (χ0) is 14.1. The molecule has 0 bridgehead atoms. The van der Waals surface area contributed by atoms with E-state index in [1.807, 2.05) is 12.1 Å². The number of furan rings is 1. The molecule has 0 aliphatic carbocycles. The van der Waals surface area contributed by atoms with Gasteiger partial charge in [-0.15, -0.1) is 0 Å². The van der Waals surface area contributed by atoms with Crippen molar-refractivity contribution < 1.29 is 9.15 Å². The average molecular weight is 269 g/mol. The minimum atomic E-state index is -0.164. The van der Waals surface area contributed by atoms with Gasteiger partial charge in [-0.25, -0.2) is 0 Å². The molecule has 0 amide bonds. The Balaban J connectivity index is 2.27. The molecular weight excluding hydrogens is 250 g/mol. The lowest BCUT2D eigenvalue weighted by Crippen LogP contribution is -2.05. The van der Waals surface area contributed by atoms with Crippen molar-refractivity contribution in [1.82, 2.24) is 4.57 Å². The molecule has 1 atom stereocenters. The van der Waals surface area contributed by atoms with Crippen molar-refractivity contribution >= 4 is 10.9 Å². The first-order valence-electron chi connectivity index (χ1n) is 6.91. The van der Waals surface area contributed by atoms with Crippen molar-refractivity contribution in [3.05, 3.63) is 59.7 Å². The minimum Gasteiger partial charge on any atom is -0.466 e. The monoisotopic (exact) mass is 269 g/mol. The lowest BCUT2D eigenvalue weighted by Gasteiger charge is -2.14. The van der Waals surface area contributed by atoms with Gasteiger partial charge < -0.3 is 13.7 Å². The average Bonchev–Trinajstić information content (AvgIpc) is 3.08. The second-order valence-corrected chi connectivity index (χ2v) is 4.89. The quantitative estimate of drug-likeness (QED) is 0.706. The maximum Gasteiger partial charge on any atom is 0.142 e. The molecule has 2 heterocycles. The van der Waals surface area contributed by atoms with E-state index < -0.39 is 0 Å². The van der Waals surface area contributed by atoms with E-state index in [4.69, 9.17) is 9.15 Å². The van der Waals surface area contributed by atoms with Crippen LogP contribution in [-0.4, -0.2) is 11.7 Å². The molecule has 0 saturated carbocycles. The summed E-state index contributed by atoms with van der Waals surface area (Å²) in [5, 5.41) is 1.23. The third kappa shape index (κ3) is 1.86. The van der Waals surface area contributed by atoms with Crippen LogP contribution in [0.3, 0.4) is 0 Å². The number of benzene rings is 1. The Kier molecular flexibility index (Phi) is 3.36. The normalized spacial score (nSPS) is 12.9. The third-order valence-electron chi connectivity index (χ3n) is 3.90. The molecule has 3 aromatic rings. The van der Waals surface area contributed by atoms with E-state index in [9.17, 15) is 0 Å². The number of fused-ring (bicyclic) bond motifs is 1. The molecule has 3 heteroatoms. The summed E-state index contributed by atoms with van der Waals surface area (Å²) in [4.78, 5) is 0. The lowest BCUT2D eigenvalue weighted by molar-refractivity contribution is 0.117. The van der Waals surface area contributed by atoms with Crippen LogP contribution in [0.1, 0.15) is 30.0 Å². The fourth-order valence-corrected chi connectivity index (χ4v) is 3.01. The molecule has 104 valence electrons. The van der Waals surface area contributed by atoms with Gasteiger partial charge in [0.1, 0.15) is 11.9 Å². The van der Waals surface area contributed by atoms with Crippen molar-refractivity contribution in [3.8, 4) is 0 Å². The van der Waals surface area contributed by atoms with Crippen LogP contribution in [0, 0.1) is 6.92 Å². The molecule has 20 heavy (non-hydrogen) atoms. The Morgan fingerprint density at radius 2 is 2.00 bits per heavy atom. The number of para-hydroxylation sites is 1. The predicted molar refractivity (Wildman–Crippen MR) is 79.9 cm³/mol. The van der Waals surface area contributed by atoms with Crippen LogP contribution in [0.4, 0.5) is 0 Å². The molecule has 0 aliphatic rings. The van der Waals surface area contributed by atoms with E-state index in [-0.39, 0.29) is 6.10 Å². The molecule has 3 rings (SSSR count). The first kappa shape index (κ1) is 13.0. The summed E-state index contributed by atoms with van der Waals surface area (Å²) in [6.07, 6.45) is 1.53. The highest BCUT2D eigenvalue weighted by molar-refractivity contribution is 5.86. The summed E-state index contributed by atoms with van der Waals surface area (Å²) in [5.74, 6) is 0.842. The fraction of sp³-hybridized carbons (Fsp3) is 0.294. The van der Waals surface area contributed by atoms with Gasteiger partial charge in [-0.1, -0.05) is 18.2 Å². The highest BCUT2D eigenvalue weighted by Gasteiger charge is 2.24. The Morgan fingerprint density at radius 3 is 2.65 bits per heavy atom. The van der Waals surface area contributed by atoms with Gasteiger partial charge in [-0.05, 0) is 32.0 Å². The van der Waals surface area contributed by atoms with Gasteiger partial charge in [0.15, 0.2) is 0 Å². The molecule has 3 nitrogen and oxygen atoms in total. The largest absolute Gasteiger partial charge is 0.466 e. The van der Waals surface area contributed by atoms with Gasteiger partial charge in [0.25, 0.3) is 0 Å². The second-order valence-electron chi connectivity index (χ2n) is 4.89. The molecular formula is C17H19NO2. The van der Waals surface area contributed by atoms with Crippen LogP contribution < -0.4 is 0 Å². The first-order valence-corrected chi connectivity index (χ1v) is 6.91. The molecule has 0 fully saturated rings. The summed E-state index contributed by atoms with van der Waals surface area (Å²) < 4.78 is 13.6. The van der Waals surface area contributed by atoms with Crippen molar-refractivity contribution in [2.75, 3.05) is 7.11 Å². The van der Waals surface area contributed by atoms with E-state index in [2.05, 4.69) is 42.7 Å². The molecule has 0 radical (unpaired) electrons. The standard InChI is InChI=1S/C17H19NO2/c1-4-18-12(2)16(13-8-5-6-9-14(13)18)17(19-3)15-10-7-11-20-15/h5-11,17H,4H2,1-3H3. The molecule has 2 aromatic heterocycles. The smallest absolute Gasteiger partial charge is 0.142 e. The van der Waals surface area contributed by atoms with E-state index in [0.717, 1.165) is 12.3 Å². The number of rotatable bonds is 4. The first-order chi connectivity index (χ1) is 9.77. The number of hydrogen-bond acceptors (Lipinski definition) is 2. The summed E-state index contributed by atoms with van der Waals surface area (Å²) in [6, 6.07) is 12.3. The minimum absolute atomic E-state index is 0.164. The van der Waals surface area contributed by atoms with Gasteiger partial charge in [0.05, 0.1) is 6.26 Å². The summed E-state index contributed by atoms with van der Waals surface area (Å²) in [5.41, 5.74) is 3.67. The number of methoxy groups -OCH3 is 1. The van der Waals surface area contributed by atoms with Crippen LogP contribution in [0.2, 0.25) is 0 Å². The maximum atomic E-state index is 5.72. The Labute approximate surface area is 118 Å². The lowest BCUT2D eigenvalue weighted by atomic mass is 10.0. The highest BCUT2D eigenvalue weighted by atomic mass is 16.5. The van der Waals surface area contributed by atoms with Crippen LogP contribution in [-0.2, 0) is 11.3 Å². The zero-order valence-electron chi connectivity index (χ0n) is 12.1. The Morgan fingerprint density at radius 1 is 1.20 bits per heavy atom. The molecule has 1 unspecified atom stereocenters. The van der Waals surface area contributed by atoms with E-state index in [1.54, 1.807) is 13.4 Å². The summed E-state index contributed by atoms with van der Waals surface area (Å²) in [6.45, 7) is 5.26. The molecule has 0 saturated heterocycles. The number of hydrogen-bond donors (Lipinski definition) is 0. The predicted octanol–water partition coefficient (Wildman–Crippen LogP) is 4.30. The molecule has 0 aliphatic heterocycles. The SMILES string of the molecule is CCn1c(C)c(C(OC)c2ccco2)c2ccccc21. The van der Waals surface area contributed by atoms with Crippen LogP contribution in [0.15, 0.2) is 47.1 Å². The summed E-state index contributed by atoms with van der Waals surface area (Å²) in [7, 11) is 1.73. The van der Waals surface area contributed by atoms with E-state index >= 15 is 0 Å². The van der Waals surface area contributed by atoms with Crippen molar-refractivity contribution in [2.24, 2.45) is 0 Å². The molecule has 0 N–H and O–H groups in total. The maximum absolute atomic E-state index is 5.72. The Bertz CT molecular complexity index is 710. The van der Waals surface area contributed by atoms with Crippen LogP contribution in [0.5, 0.6) is 0 Å². The zero-order valence-corrected chi connectivity index (χ0v) is 12.1. The van der Waals surface area contributed by atoms with Crippen molar-refractivity contribution in [2.45, 2.75) is 26.5 Å². The van der Waals surface area contributed by atoms with Crippen molar-refractivity contribution in [3.63, 3.8) is 0 Å². The fourth-order valence-electron chi connectivity index (χ4n) is 3.01. The third-order valence-corrected chi connectivity index (χ3v) is 3.90. The van der Waals surface area contributed by atoms with Gasteiger partial charge in [0, 0.05) is 35.8 Å². The number of ether oxygens (including phenoxy) is 1. The number of aromatic nitrogens is 1.